The summed E-state index contributed by atoms with van der Waals surface area (Å²) in [5.41, 5.74) is -0.149. The van der Waals surface area contributed by atoms with Gasteiger partial charge in [-0.15, -0.1) is 0 Å². The molecule has 2 saturated heterocycles. The molecule has 0 saturated carbocycles. The van der Waals surface area contributed by atoms with Crippen molar-refractivity contribution in [2.75, 3.05) is 19.6 Å². The highest BCUT2D eigenvalue weighted by molar-refractivity contribution is 5.87. The summed E-state index contributed by atoms with van der Waals surface area (Å²) in [5, 5.41) is 12.1. The second-order valence-corrected chi connectivity index (χ2v) is 5.86. The molecule has 2 N–H and O–H groups in total. The van der Waals surface area contributed by atoms with Gasteiger partial charge in [0.2, 0.25) is 0 Å². The highest BCUT2D eigenvalue weighted by Gasteiger charge is 2.38. The van der Waals surface area contributed by atoms with Crippen LogP contribution >= 0.6 is 0 Å². The fourth-order valence-electron chi connectivity index (χ4n) is 3.15. The quantitative estimate of drug-likeness (QED) is 0.872. The summed E-state index contributed by atoms with van der Waals surface area (Å²) in [4.78, 5) is 25.1. The largest absolute Gasteiger partial charge is 0.478 e. The maximum atomic E-state index is 13.9. The van der Waals surface area contributed by atoms with E-state index in [0.29, 0.717) is 13.0 Å². The van der Waals surface area contributed by atoms with Crippen LogP contribution in [0.5, 0.6) is 5.75 Å². The molecule has 0 aromatic heterocycles. The number of rotatable bonds is 4. The van der Waals surface area contributed by atoms with Gasteiger partial charge in [-0.05, 0) is 44.1 Å². The fourth-order valence-corrected chi connectivity index (χ4v) is 3.15. The maximum Gasteiger partial charge on any atom is 0.335 e. The SMILES string of the molecule is O=C(O)c1ccc(OC2CCN(C3CCNCC3)C2=O)c(F)c1. The smallest absolute Gasteiger partial charge is 0.335 e. The molecule has 2 aliphatic rings. The van der Waals surface area contributed by atoms with Gasteiger partial charge in [-0.3, -0.25) is 4.79 Å². The van der Waals surface area contributed by atoms with Crippen molar-refractivity contribution in [2.24, 2.45) is 0 Å². The van der Waals surface area contributed by atoms with Gasteiger partial charge in [-0.1, -0.05) is 0 Å². The topological polar surface area (TPSA) is 78.9 Å². The zero-order valence-electron chi connectivity index (χ0n) is 12.6. The van der Waals surface area contributed by atoms with Crippen molar-refractivity contribution >= 4 is 11.9 Å². The van der Waals surface area contributed by atoms with Crippen LogP contribution in [-0.4, -0.2) is 53.7 Å². The van der Waals surface area contributed by atoms with Crippen LogP contribution < -0.4 is 10.1 Å². The van der Waals surface area contributed by atoms with Crippen molar-refractivity contribution in [3.8, 4) is 5.75 Å². The number of likely N-dealkylation sites (tertiary alicyclic amines) is 1. The molecule has 0 spiro atoms. The molecule has 2 aliphatic heterocycles. The van der Waals surface area contributed by atoms with Crippen molar-refractivity contribution in [1.82, 2.24) is 10.2 Å². The molecule has 3 rings (SSSR count). The first-order valence-corrected chi connectivity index (χ1v) is 7.77. The third-order valence-electron chi connectivity index (χ3n) is 4.39. The number of carboxylic acid groups (broad SMARTS) is 1. The monoisotopic (exact) mass is 322 g/mol. The van der Waals surface area contributed by atoms with Gasteiger partial charge in [-0.2, -0.15) is 0 Å². The lowest BCUT2D eigenvalue weighted by atomic mass is 10.1. The van der Waals surface area contributed by atoms with E-state index in [-0.39, 0.29) is 23.3 Å². The second-order valence-electron chi connectivity index (χ2n) is 5.86. The average Bonchev–Trinajstić information content (AvgIpc) is 2.91. The number of amides is 1. The number of nitrogens with zero attached hydrogens (tertiary/aromatic N) is 1. The van der Waals surface area contributed by atoms with Crippen LogP contribution in [0, 0.1) is 5.82 Å². The molecule has 23 heavy (non-hydrogen) atoms. The Morgan fingerprint density at radius 1 is 1.30 bits per heavy atom. The third-order valence-corrected chi connectivity index (χ3v) is 4.39. The van der Waals surface area contributed by atoms with Crippen LogP contribution in [0.3, 0.4) is 0 Å². The Morgan fingerprint density at radius 2 is 2.04 bits per heavy atom. The van der Waals surface area contributed by atoms with Crippen molar-refractivity contribution in [2.45, 2.75) is 31.4 Å². The van der Waals surface area contributed by atoms with E-state index in [1.54, 1.807) is 0 Å². The van der Waals surface area contributed by atoms with E-state index in [1.807, 2.05) is 4.90 Å². The minimum absolute atomic E-state index is 0.0829. The zero-order valence-corrected chi connectivity index (χ0v) is 12.6. The molecule has 1 unspecified atom stereocenters. The van der Waals surface area contributed by atoms with Crippen molar-refractivity contribution < 1.29 is 23.8 Å². The van der Waals surface area contributed by atoms with Gasteiger partial charge in [0.05, 0.1) is 5.56 Å². The van der Waals surface area contributed by atoms with E-state index < -0.39 is 17.9 Å². The number of halogens is 1. The van der Waals surface area contributed by atoms with Gasteiger partial charge < -0.3 is 20.1 Å². The van der Waals surface area contributed by atoms with Crippen LogP contribution in [0.2, 0.25) is 0 Å². The van der Waals surface area contributed by atoms with Gasteiger partial charge in [0.1, 0.15) is 0 Å². The molecule has 1 amide bonds. The Hall–Kier alpha value is -2.15. The normalized spacial score (nSPS) is 22.4. The number of carboxylic acids is 1. The maximum absolute atomic E-state index is 13.9. The lowest BCUT2D eigenvalue weighted by molar-refractivity contribution is -0.135. The minimum atomic E-state index is -1.20. The van der Waals surface area contributed by atoms with Gasteiger partial charge in [0.15, 0.2) is 17.7 Å². The predicted octanol–water partition coefficient (Wildman–Crippen LogP) is 1.26. The predicted molar refractivity (Wildman–Crippen MR) is 80.0 cm³/mol. The van der Waals surface area contributed by atoms with Crippen LogP contribution in [0.4, 0.5) is 4.39 Å². The number of aromatic carboxylic acids is 1. The third kappa shape index (κ3) is 3.29. The number of hydrogen-bond donors (Lipinski definition) is 2. The van der Waals surface area contributed by atoms with Crippen LogP contribution in [0.15, 0.2) is 18.2 Å². The number of nitrogens with one attached hydrogen (secondary N) is 1. The summed E-state index contributed by atoms with van der Waals surface area (Å²) in [5.74, 6) is -2.17. The standard InChI is InChI=1S/C16H19FN2O4/c17-12-9-10(16(21)22)1-2-13(12)23-14-5-8-19(15(14)20)11-3-6-18-7-4-11/h1-2,9,11,14,18H,3-8H2,(H,21,22). The van der Waals surface area contributed by atoms with E-state index in [2.05, 4.69) is 5.32 Å². The van der Waals surface area contributed by atoms with Crippen molar-refractivity contribution in [3.63, 3.8) is 0 Å². The number of benzene rings is 1. The Kier molecular flexibility index (Phi) is 4.47. The molecular formula is C16H19FN2O4. The second kappa shape index (κ2) is 6.54. The molecular weight excluding hydrogens is 303 g/mol. The lowest BCUT2D eigenvalue weighted by Crippen LogP contribution is -2.45. The molecule has 7 heteroatoms. The van der Waals surface area contributed by atoms with E-state index in [1.165, 1.54) is 12.1 Å². The van der Waals surface area contributed by atoms with Gasteiger partial charge in [-0.25, -0.2) is 9.18 Å². The summed E-state index contributed by atoms with van der Waals surface area (Å²) in [6.07, 6.45) is 1.65. The number of carbonyl (C=O) groups excluding carboxylic acids is 1. The highest BCUT2D eigenvalue weighted by Crippen LogP contribution is 2.26. The summed E-state index contributed by atoms with van der Waals surface area (Å²) in [6.45, 7) is 2.40. The number of carbonyl (C=O) groups is 2. The number of hydrogen-bond acceptors (Lipinski definition) is 4. The molecule has 0 aliphatic carbocycles. The Balaban J connectivity index is 1.67. The highest BCUT2D eigenvalue weighted by atomic mass is 19.1. The first-order valence-electron chi connectivity index (χ1n) is 7.77. The minimum Gasteiger partial charge on any atom is -0.478 e. The van der Waals surface area contributed by atoms with E-state index in [4.69, 9.17) is 9.84 Å². The molecule has 124 valence electrons. The number of ether oxygens (including phenoxy) is 1. The van der Waals surface area contributed by atoms with Crippen molar-refractivity contribution in [3.05, 3.63) is 29.6 Å². The van der Waals surface area contributed by atoms with E-state index >= 15 is 0 Å². The van der Waals surface area contributed by atoms with Crippen molar-refractivity contribution in [1.29, 1.82) is 0 Å². The summed E-state index contributed by atoms with van der Waals surface area (Å²) >= 11 is 0. The summed E-state index contributed by atoms with van der Waals surface area (Å²) < 4.78 is 19.4. The molecule has 0 bridgehead atoms. The van der Waals surface area contributed by atoms with Crippen LogP contribution in [0.25, 0.3) is 0 Å². The molecule has 1 aromatic carbocycles. The van der Waals surface area contributed by atoms with Gasteiger partial charge in [0.25, 0.3) is 5.91 Å². The average molecular weight is 322 g/mol. The zero-order chi connectivity index (χ0) is 16.4. The Bertz CT molecular complexity index is 616. The lowest BCUT2D eigenvalue weighted by Gasteiger charge is -2.31. The molecule has 2 heterocycles. The Labute approximate surface area is 133 Å². The van der Waals surface area contributed by atoms with E-state index in [0.717, 1.165) is 32.0 Å². The van der Waals surface area contributed by atoms with Crippen LogP contribution in [-0.2, 0) is 4.79 Å². The number of piperidine rings is 1. The first-order chi connectivity index (χ1) is 11.1. The van der Waals surface area contributed by atoms with Crippen LogP contribution in [0.1, 0.15) is 29.6 Å². The fraction of sp³-hybridized carbons (Fsp3) is 0.500. The first kappa shape index (κ1) is 15.7. The Morgan fingerprint density at radius 3 is 2.70 bits per heavy atom. The van der Waals surface area contributed by atoms with Gasteiger partial charge >= 0.3 is 5.97 Å². The van der Waals surface area contributed by atoms with Gasteiger partial charge in [0, 0.05) is 19.0 Å². The molecule has 2 fully saturated rings. The molecule has 1 aromatic rings. The summed E-state index contributed by atoms with van der Waals surface area (Å²) in [7, 11) is 0. The van der Waals surface area contributed by atoms with E-state index in [9.17, 15) is 14.0 Å². The molecule has 6 nitrogen and oxygen atoms in total. The molecule has 1 atom stereocenters. The summed E-state index contributed by atoms with van der Waals surface area (Å²) in [6, 6.07) is 3.66. The molecule has 0 radical (unpaired) electrons.